The van der Waals surface area contributed by atoms with Gasteiger partial charge in [-0.3, -0.25) is 5.32 Å². The van der Waals surface area contributed by atoms with Gasteiger partial charge in [-0.05, 0) is 6.42 Å². The second kappa shape index (κ2) is 3.66. The SMILES string of the molecule is CC[C@@]1(C(=O)OC)NCCc2[nH]cnc21. The maximum atomic E-state index is 11.8. The minimum absolute atomic E-state index is 0.266. The summed E-state index contributed by atoms with van der Waals surface area (Å²) in [4.78, 5) is 19.1. The summed E-state index contributed by atoms with van der Waals surface area (Å²) >= 11 is 0. The Bertz CT molecular complexity index is 374. The number of methoxy groups -OCH3 is 1. The maximum Gasteiger partial charge on any atom is 0.332 e. The van der Waals surface area contributed by atoms with Crippen LogP contribution >= 0.6 is 0 Å². The Hall–Kier alpha value is -1.36. The third-order valence-corrected chi connectivity index (χ3v) is 2.99. The van der Waals surface area contributed by atoms with Gasteiger partial charge in [0.05, 0.1) is 19.1 Å². The van der Waals surface area contributed by atoms with E-state index in [-0.39, 0.29) is 5.97 Å². The van der Waals surface area contributed by atoms with Crippen LogP contribution in [-0.4, -0.2) is 29.6 Å². The zero-order chi connectivity index (χ0) is 10.9. The van der Waals surface area contributed by atoms with E-state index in [2.05, 4.69) is 15.3 Å². The monoisotopic (exact) mass is 209 g/mol. The number of carbonyl (C=O) groups is 1. The summed E-state index contributed by atoms with van der Waals surface area (Å²) in [6.45, 7) is 2.71. The molecule has 1 aliphatic heterocycles. The zero-order valence-electron chi connectivity index (χ0n) is 8.96. The van der Waals surface area contributed by atoms with Gasteiger partial charge in [-0.1, -0.05) is 6.92 Å². The number of aromatic amines is 1. The molecule has 0 aromatic carbocycles. The highest BCUT2D eigenvalue weighted by Gasteiger charge is 2.44. The fraction of sp³-hybridized carbons (Fsp3) is 0.600. The second-order valence-corrected chi connectivity index (χ2v) is 3.66. The van der Waals surface area contributed by atoms with Crippen LogP contribution in [0.15, 0.2) is 6.33 Å². The van der Waals surface area contributed by atoms with Crippen LogP contribution in [-0.2, 0) is 21.5 Å². The van der Waals surface area contributed by atoms with Crippen molar-refractivity contribution >= 4 is 5.97 Å². The summed E-state index contributed by atoms with van der Waals surface area (Å²) in [6, 6.07) is 0. The number of aromatic nitrogens is 2. The van der Waals surface area contributed by atoms with Gasteiger partial charge in [-0.25, -0.2) is 9.78 Å². The third kappa shape index (κ3) is 1.34. The largest absolute Gasteiger partial charge is 0.467 e. The van der Waals surface area contributed by atoms with Crippen LogP contribution in [0.5, 0.6) is 0 Å². The van der Waals surface area contributed by atoms with Crippen LogP contribution in [0.25, 0.3) is 0 Å². The van der Waals surface area contributed by atoms with Crippen molar-refractivity contribution in [2.24, 2.45) is 0 Å². The Morgan fingerprint density at radius 1 is 1.73 bits per heavy atom. The highest BCUT2D eigenvalue weighted by Crippen LogP contribution is 2.30. The Morgan fingerprint density at radius 2 is 2.53 bits per heavy atom. The standard InChI is InChI=1S/C10H15N3O2/c1-3-10(9(14)15-2)8-7(4-5-13-10)11-6-12-8/h6,13H,3-5H2,1-2H3,(H,11,12)/t10-/m1/s1. The highest BCUT2D eigenvalue weighted by atomic mass is 16.5. The lowest BCUT2D eigenvalue weighted by Crippen LogP contribution is -2.53. The molecule has 2 N–H and O–H groups in total. The molecule has 0 saturated carbocycles. The molecule has 1 aliphatic rings. The van der Waals surface area contributed by atoms with Gasteiger partial charge in [0, 0.05) is 18.7 Å². The minimum atomic E-state index is -0.762. The van der Waals surface area contributed by atoms with Crippen LogP contribution in [0.2, 0.25) is 0 Å². The van der Waals surface area contributed by atoms with Gasteiger partial charge < -0.3 is 9.72 Å². The van der Waals surface area contributed by atoms with Crippen molar-refractivity contribution in [3.05, 3.63) is 17.7 Å². The van der Waals surface area contributed by atoms with E-state index in [1.165, 1.54) is 7.11 Å². The van der Waals surface area contributed by atoms with Crippen LogP contribution < -0.4 is 5.32 Å². The molecule has 0 aliphatic carbocycles. The summed E-state index contributed by atoms with van der Waals surface area (Å²) in [6.07, 6.45) is 3.14. The molecule has 0 radical (unpaired) electrons. The lowest BCUT2D eigenvalue weighted by atomic mass is 9.87. The van der Waals surface area contributed by atoms with Gasteiger partial charge in [0.15, 0.2) is 5.54 Å². The first-order valence-electron chi connectivity index (χ1n) is 5.10. The molecule has 0 fully saturated rings. The number of esters is 1. The molecular weight excluding hydrogens is 194 g/mol. The van der Waals surface area contributed by atoms with E-state index in [0.29, 0.717) is 6.42 Å². The van der Waals surface area contributed by atoms with Gasteiger partial charge in [0.25, 0.3) is 0 Å². The number of hydrogen-bond acceptors (Lipinski definition) is 4. The molecule has 2 rings (SSSR count). The normalized spacial score (nSPS) is 24.7. The molecule has 0 unspecified atom stereocenters. The molecular formula is C10H15N3O2. The van der Waals surface area contributed by atoms with Gasteiger partial charge >= 0.3 is 5.97 Å². The van der Waals surface area contributed by atoms with E-state index in [4.69, 9.17) is 4.74 Å². The third-order valence-electron chi connectivity index (χ3n) is 2.99. The van der Waals surface area contributed by atoms with Crippen molar-refractivity contribution in [2.45, 2.75) is 25.3 Å². The van der Waals surface area contributed by atoms with Crippen molar-refractivity contribution in [3.8, 4) is 0 Å². The summed E-state index contributed by atoms with van der Waals surface area (Å²) in [5, 5.41) is 3.22. The van der Waals surface area contributed by atoms with Crippen LogP contribution in [0, 0.1) is 0 Å². The van der Waals surface area contributed by atoms with Crippen LogP contribution in [0.1, 0.15) is 24.7 Å². The predicted molar refractivity (Wildman–Crippen MR) is 54.3 cm³/mol. The number of nitrogens with zero attached hydrogens (tertiary/aromatic N) is 1. The number of imidazole rings is 1. The number of carbonyl (C=O) groups excluding carboxylic acids is 1. The minimum Gasteiger partial charge on any atom is -0.467 e. The van der Waals surface area contributed by atoms with Crippen molar-refractivity contribution in [1.29, 1.82) is 0 Å². The molecule has 1 atom stereocenters. The first-order valence-corrected chi connectivity index (χ1v) is 5.10. The molecule has 0 saturated heterocycles. The number of H-pyrrole nitrogens is 1. The quantitative estimate of drug-likeness (QED) is 0.689. The number of hydrogen-bond donors (Lipinski definition) is 2. The summed E-state index contributed by atoms with van der Waals surface area (Å²) in [5.74, 6) is -0.266. The average molecular weight is 209 g/mol. The second-order valence-electron chi connectivity index (χ2n) is 3.66. The molecule has 0 spiro atoms. The van der Waals surface area contributed by atoms with E-state index >= 15 is 0 Å². The summed E-state index contributed by atoms with van der Waals surface area (Å²) < 4.78 is 4.85. The van der Waals surface area contributed by atoms with Crippen molar-refractivity contribution in [2.75, 3.05) is 13.7 Å². The topological polar surface area (TPSA) is 67.0 Å². The van der Waals surface area contributed by atoms with E-state index in [1.54, 1.807) is 6.33 Å². The first-order chi connectivity index (χ1) is 7.24. The number of rotatable bonds is 2. The number of ether oxygens (including phenoxy) is 1. The summed E-state index contributed by atoms with van der Waals surface area (Å²) in [5.41, 5.74) is 1.05. The molecule has 15 heavy (non-hydrogen) atoms. The molecule has 82 valence electrons. The van der Waals surface area contributed by atoms with Gasteiger partial charge in [-0.2, -0.15) is 0 Å². The Kier molecular flexibility index (Phi) is 2.48. The molecule has 5 nitrogen and oxygen atoms in total. The van der Waals surface area contributed by atoms with E-state index < -0.39 is 5.54 Å². The van der Waals surface area contributed by atoms with Gasteiger partial charge in [0.1, 0.15) is 0 Å². The van der Waals surface area contributed by atoms with Crippen molar-refractivity contribution in [1.82, 2.24) is 15.3 Å². The van der Waals surface area contributed by atoms with Gasteiger partial charge in [0.2, 0.25) is 0 Å². The van der Waals surface area contributed by atoms with Crippen LogP contribution in [0.4, 0.5) is 0 Å². The number of nitrogens with one attached hydrogen (secondary N) is 2. The van der Waals surface area contributed by atoms with E-state index in [1.807, 2.05) is 6.92 Å². The fourth-order valence-electron chi connectivity index (χ4n) is 2.14. The molecule has 2 heterocycles. The van der Waals surface area contributed by atoms with E-state index in [0.717, 1.165) is 24.4 Å². The smallest absolute Gasteiger partial charge is 0.332 e. The average Bonchev–Trinajstić information content (AvgIpc) is 2.75. The molecule has 0 amide bonds. The molecule has 1 aromatic heterocycles. The number of fused-ring (bicyclic) bond motifs is 1. The highest BCUT2D eigenvalue weighted by molar-refractivity contribution is 5.82. The lowest BCUT2D eigenvalue weighted by molar-refractivity contribution is -0.149. The van der Waals surface area contributed by atoms with Crippen LogP contribution in [0.3, 0.4) is 0 Å². The maximum absolute atomic E-state index is 11.8. The van der Waals surface area contributed by atoms with Crippen molar-refractivity contribution in [3.63, 3.8) is 0 Å². The lowest BCUT2D eigenvalue weighted by Gasteiger charge is -2.33. The zero-order valence-corrected chi connectivity index (χ0v) is 8.96. The van der Waals surface area contributed by atoms with Gasteiger partial charge in [-0.15, -0.1) is 0 Å². The Labute approximate surface area is 88.2 Å². The Morgan fingerprint density at radius 3 is 3.20 bits per heavy atom. The molecule has 1 aromatic rings. The molecule has 5 heteroatoms. The molecule has 0 bridgehead atoms. The Balaban J connectivity index is 2.48. The predicted octanol–water partition coefficient (Wildman–Crippen LogP) is 0.334. The van der Waals surface area contributed by atoms with Crippen molar-refractivity contribution < 1.29 is 9.53 Å². The van der Waals surface area contributed by atoms with E-state index in [9.17, 15) is 4.79 Å². The summed E-state index contributed by atoms with van der Waals surface area (Å²) in [7, 11) is 1.41. The fourth-order valence-corrected chi connectivity index (χ4v) is 2.14. The first kappa shape index (κ1) is 10.2.